The van der Waals surface area contributed by atoms with E-state index in [1.165, 1.54) is 19.5 Å². The SMILES string of the molecule is COCCCN1CCNCC1CC(C)C. The van der Waals surface area contributed by atoms with Crippen molar-refractivity contribution in [3.8, 4) is 0 Å². The van der Waals surface area contributed by atoms with Crippen LogP contribution in [-0.4, -0.2) is 50.8 Å². The quantitative estimate of drug-likeness (QED) is 0.675. The third kappa shape index (κ3) is 4.96. The van der Waals surface area contributed by atoms with Crippen LogP contribution in [0.1, 0.15) is 26.7 Å². The molecule has 1 rings (SSSR count). The second kappa shape index (κ2) is 7.20. The molecule has 0 aromatic carbocycles. The van der Waals surface area contributed by atoms with Gasteiger partial charge in [-0.1, -0.05) is 13.8 Å². The number of methoxy groups -OCH3 is 1. The van der Waals surface area contributed by atoms with Crippen molar-refractivity contribution in [3.05, 3.63) is 0 Å². The lowest BCUT2D eigenvalue weighted by Gasteiger charge is -2.37. The molecule has 0 saturated carbocycles. The van der Waals surface area contributed by atoms with Crippen LogP contribution in [-0.2, 0) is 4.74 Å². The van der Waals surface area contributed by atoms with Crippen LogP contribution in [0.4, 0.5) is 0 Å². The molecule has 1 heterocycles. The topological polar surface area (TPSA) is 24.5 Å². The zero-order valence-corrected chi connectivity index (χ0v) is 10.5. The van der Waals surface area contributed by atoms with Gasteiger partial charge in [0.05, 0.1) is 0 Å². The van der Waals surface area contributed by atoms with Gasteiger partial charge >= 0.3 is 0 Å². The van der Waals surface area contributed by atoms with E-state index in [2.05, 4.69) is 24.1 Å². The second-order valence-corrected chi connectivity index (χ2v) is 4.87. The molecule has 1 atom stereocenters. The monoisotopic (exact) mass is 214 g/mol. The van der Waals surface area contributed by atoms with Gasteiger partial charge < -0.3 is 10.1 Å². The van der Waals surface area contributed by atoms with Crippen LogP contribution < -0.4 is 5.32 Å². The second-order valence-electron chi connectivity index (χ2n) is 4.87. The number of hydrogen-bond donors (Lipinski definition) is 1. The molecule has 0 aromatic rings. The number of nitrogens with one attached hydrogen (secondary N) is 1. The van der Waals surface area contributed by atoms with E-state index in [-0.39, 0.29) is 0 Å². The Morgan fingerprint density at radius 2 is 2.27 bits per heavy atom. The fraction of sp³-hybridized carbons (Fsp3) is 1.00. The summed E-state index contributed by atoms with van der Waals surface area (Å²) in [7, 11) is 1.78. The molecule has 15 heavy (non-hydrogen) atoms. The van der Waals surface area contributed by atoms with Crippen molar-refractivity contribution in [2.24, 2.45) is 5.92 Å². The third-order valence-corrected chi connectivity index (χ3v) is 3.01. The lowest BCUT2D eigenvalue weighted by Crippen LogP contribution is -2.52. The summed E-state index contributed by atoms with van der Waals surface area (Å²) in [4.78, 5) is 2.62. The first-order chi connectivity index (χ1) is 7.24. The Balaban J connectivity index is 2.29. The van der Waals surface area contributed by atoms with Crippen molar-refractivity contribution in [3.63, 3.8) is 0 Å². The van der Waals surface area contributed by atoms with Crippen molar-refractivity contribution >= 4 is 0 Å². The summed E-state index contributed by atoms with van der Waals surface area (Å²) in [6.45, 7) is 10.2. The van der Waals surface area contributed by atoms with Crippen molar-refractivity contribution < 1.29 is 4.74 Å². The average Bonchev–Trinajstić information content (AvgIpc) is 2.20. The minimum absolute atomic E-state index is 0.732. The summed E-state index contributed by atoms with van der Waals surface area (Å²) >= 11 is 0. The van der Waals surface area contributed by atoms with Crippen LogP contribution >= 0.6 is 0 Å². The summed E-state index contributed by atoms with van der Waals surface area (Å²) in [5.74, 6) is 0.792. The van der Waals surface area contributed by atoms with Crippen LogP contribution in [0.5, 0.6) is 0 Å². The van der Waals surface area contributed by atoms with Crippen molar-refractivity contribution in [1.29, 1.82) is 0 Å². The summed E-state index contributed by atoms with van der Waals surface area (Å²) in [5.41, 5.74) is 0. The Bertz CT molecular complexity index is 162. The summed E-state index contributed by atoms with van der Waals surface area (Å²) < 4.78 is 5.11. The van der Waals surface area contributed by atoms with E-state index >= 15 is 0 Å². The largest absolute Gasteiger partial charge is 0.385 e. The Morgan fingerprint density at radius 3 is 2.93 bits per heavy atom. The molecule has 1 saturated heterocycles. The van der Waals surface area contributed by atoms with E-state index < -0.39 is 0 Å². The zero-order valence-electron chi connectivity index (χ0n) is 10.5. The first-order valence-corrected chi connectivity index (χ1v) is 6.17. The molecule has 3 heteroatoms. The molecule has 1 aliphatic heterocycles. The first-order valence-electron chi connectivity index (χ1n) is 6.17. The number of piperazine rings is 1. The highest BCUT2D eigenvalue weighted by Gasteiger charge is 2.21. The van der Waals surface area contributed by atoms with Gasteiger partial charge in [-0.25, -0.2) is 0 Å². The molecule has 0 aliphatic carbocycles. The molecule has 0 radical (unpaired) electrons. The molecule has 0 spiro atoms. The molecular weight excluding hydrogens is 188 g/mol. The normalized spacial score (nSPS) is 23.6. The predicted octanol–water partition coefficient (Wildman–Crippen LogP) is 1.34. The van der Waals surface area contributed by atoms with E-state index in [4.69, 9.17) is 4.74 Å². The van der Waals surface area contributed by atoms with Crippen LogP contribution in [0.3, 0.4) is 0 Å². The van der Waals surface area contributed by atoms with Crippen LogP contribution in [0.15, 0.2) is 0 Å². The summed E-state index contributed by atoms with van der Waals surface area (Å²) in [5, 5.41) is 3.49. The smallest absolute Gasteiger partial charge is 0.0474 e. The minimum Gasteiger partial charge on any atom is -0.385 e. The molecule has 3 nitrogen and oxygen atoms in total. The molecular formula is C12H26N2O. The molecule has 0 amide bonds. The third-order valence-electron chi connectivity index (χ3n) is 3.01. The van der Waals surface area contributed by atoms with Crippen molar-refractivity contribution in [2.75, 3.05) is 39.9 Å². The van der Waals surface area contributed by atoms with Crippen LogP contribution in [0.2, 0.25) is 0 Å². The zero-order chi connectivity index (χ0) is 11.1. The van der Waals surface area contributed by atoms with Gasteiger partial charge in [-0.2, -0.15) is 0 Å². The minimum atomic E-state index is 0.732. The van der Waals surface area contributed by atoms with Crippen molar-refractivity contribution in [2.45, 2.75) is 32.7 Å². The van der Waals surface area contributed by atoms with Gasteiger partial charge in [-0.05, 0) is 18.8 Å². The highest BCUT2D eigenvalue weighted by Crippen LogP contribution is 2.13. The summed E-state index contributed by atoms with van der Waals surface area (Å²) in [6.07, 6.45) is 2.46. The van der Waals surface area contributed by atoms with Gasteiger partial charge in [0.15, 0.2) is 0 Å². The lowest BCUT2D eigenvalue weighted by molar-refractivity contribution is 0.119. The van der Waals surface area contributed by atoms with Gasteiger partial charge in [-0.3, -0.25) is 4.90 Å². The Kier molecular flexibility index (Phi) is 6.22. The van der Waals surface area contributed by atoms with Gasteiger partial charge in [0.1, 0.15) is 0 Å². The van der Waals surface area contributed by atoms with Gasteiger partial charge in [0, 0.05) is 45.9 Å². The van der Waals surface area contributed by atoms with Crippen LogP contribution in [0.25, 0.3) is 0 Å². The lowest BCUT2D eigenvalue weighted by atomic mass is 10.0. The molecule has 1 aliphatic rings. The highest BCUT2D eigenvalue weighted by atomic mass is 16.5. The molecule has 0 aromatic heterocycles. The van der Waals surface area contributed by atoms with E-state index in [1.807, 2.05) is 0 Å². The van der Waals surface area contributed by atoms with E-state index in [0.717, 1.165) is 38.1 Å². The van der Waals surface area contributed by atoms with E-state index in [9.17, 15) is 0 Å². The van der Waals surface area contributed by atoms with Gasteiger partial charge in [-0.15, -0.1) is 0 Å². The summed E-state index contributed by atoms with van der Waals surface area (Å²) in [6, 6.07) is 0.732. The number of rotatable bonds is 6. The Hall–Kier alpha value is -0.120. The number of hydrogen-bond acceptors (Lipinski definition) is 3. The molecule has 0 bridgehead atoms. The number of ether oxygens (including phenoxy) is 1. The highest BCUT2D eigenvalue weighted by molar-refractivity contribution is 4.80. The van der Waals surface area contributed by atoms with Gasteiger partial charge in [0.2, 0.25) is 0 Å². The number of nitrogens with zero attached hydrogens (tertiary/aromatic N) is 1. The standard InChI is InChI=1S/C12H26N2O/c1-11(2)9-12-10-13-5-7-14(12)6-4-8-15-3/h11-13H,4-10H2,1-3H3. The maximum atomic E-state index is 5.11. The molecule has 1 unspecified atom stereocenters. The van der Waals surface area contributed by atoms with Crippen molar-refractivity contribution in [1.82, 2.24) is 10.2 Å². The van der Waals surface area contributed by atoms with Gasteiger partial charge in [0.25, 0.3) is 0 Å². The molecule has 1 fully saturated rings. The fourth-order valence-electron chi connectivity index (χ4n) is 2.29. The maximum Gasteiger partial charge on any atom is 0.0474 e. The Morgan fingerprint density at radius 1 is 1.47 bits per heavy atom. The first kappa shape index (κ1) is 12.9. The van der Waals surface area contributed by atoms with E-state index in [1.54, 1.807) is 7.11 Å². The predicted molar refractivity (Wildman–Crippen MR) is 64.2 cm³/mol. The molecule has 90 valence electrons. The fourth-order valence-corrected chi connectivity index (χ4v) is 2.29. The van der Waals surface area contributed by atoms with Crippen LogP contribution in [0, 0.1) is 5.92 Å². The Labute approximate surface area is 94.2 Å². The maximum absolute atomic E-state index is 5.11. The molecule has 1 N–H and O–H groups in total. The van der Waals surface area contributed by atoms with E-state index in [0.29, 0.717) is 0 Å². The average molecular weight is 214 g/mol.